The monoisotopic (exact) mass is 424 g/mol. The van der Waals surface area contributed by atoms with Crippen molar-refractivity contribution >= 4 is 40.8 Å². The molecular weight excluding hydrogens is 396 g/mol. The van der Waals surface area contributed by atoms with E-state index in [4.69, 9.17) is 0 Å². The fourth-order valence-electron chi connectivity index (χ4n) is 3.84. The number of nitrogens with one attached hydrogen (secondary N) is 4. The Morgan fingerprint density at radius 1 is 1.26 bits per heavy atom. The normalized spacial score (nSPS) is 16.3. The van der Waals surface area contributed by atoms with E-state index in [0.717, 1.165) is 25.9 Å². The Balaban J connectivity index is 1.59. The molecule has 0 spiro atoms. The van der Waals surface area contributed by atoms with Crippen LogP contribution < -0.4 is 26.2 Å². The first-order valence-electron chi connectivity index (χ1n) is 10.5. The minimum Gasteiger partial charge on any atom is -0.341 e. The average Bonchev–Trinajstić information content (AvgIpc) is 2.89. The van der Waals surface area contributed by atoms with Crippen molar-refractivity contribution in [2.45, 2.75) is 25.8 Å². The first-order chi connectivity index (χ1) is 14.9. The van der Waals surface area contributed by atoms with Crippen LogP contribution in [0.1, 0.15) is 30.1 Å². The lowest BCUT2D eigenvalue weighted by atomic mass is 10.0. The minimum atomic E-state index is -0.287. The summed E-state index contributed by atoms with van der Waals surface area (Å²) in [6.45, 7) is 4.46. The van der Waals surface area contributed by atoms with Crippen molar-refractivity contribution in [1.29, 1.82) is 0 Å². The first kappa shape index (κ1) is 20.9. The van der Waals surface area contributed by atoms with E-state index in [2.05, 4.69) is 48.1 Å². The molecule has 0 bridgehead atoms. The van der Waals surface area contributed by atoms with E-state index in [1.165, 1.54) is 0 Å². The van der Waals surface area contributed by atoms with E-state index >= 15 is 0 Å². The number of carbonyl (C=O) groups excluding carboxylic acids is 2. The summed E-state index contributed by atoms with van der Waals surface area (Å²) in [6, 6.07) is 5.31. The van der Waals surface area contributed by atoms with Gasteiger partial charge in [-0.15, -0.1) is 0 Å². The fourth-order valence-corrected chi connectivity index (χ4v) is 3.84. The number of rotatable bonds is 4. The van der Waals surface area contributed by atoms with E-state index in [-0.39, 0.29) is 11.9 Å². The van der Waals surface area contributed by atoms with Crippen molar-refractivity contribution in [3.8, 4) is 0 Å². The quantitative estimate of drug-likeness (QED) is 0.596. The van der Waals surface area contributed by atoms with Crippen LogP contribution in [-0.4, -0.2) is 66.6 Å². The molecule has 3 heterocycles. The van der Waals surface area contributed by atoms with Gasteiger partial charge in [0.05, 0.1) is 11.4 Å². The fraction of sp³-hybridized carbons (Fsp3) is 0.429. The van der Waals surface area contributed by atoms with E-state index in [1.54, 1.807) is 24.4 Å². The lowest BCUT2D eigenvalue weighted by molar-refractivity contribution is 0.102. The van der Waals surface area contributed by atoms with Gasteiger partial charge in [-0.25, -0.2) is 9.78 Å². The number of benzene rings is 1. The van der Waals surface area contributed by atoms with Crippen LogP contribution in [0.3, 0.4) is 0 Å². The number of piperidine rings is 1. The van der Waals surface area contributed by atoms with Gasteiger partial charge in [0.15, 0.2) is 0 Å². The largest absolute Gasteiger partial charge is 0.341 e. The Hall–Kier alpha value is -3.40. The third-order valence-corrected chi connectivity index (χ3v) is 5.69. The van der Waals surface area contributed by atoms with Crippen LogP contribution in [-0.2, 0) is 0 Å². The molecule has 0 radical (unpaired) electrons. The molecule has 2 aliphatic heterocycles. The third kappa shape index (κ3) is 4.53. The van der Waals surface area contributed by atoms with Crippen LogP contribution in [0.2, 0.25) is 0 Å². The van der Waals surface area contributed by atoms with E-state index in [1.807, 2.05) is 14.0 Å². The van der Waals surface area contributed by atoms with Crippen LogP contribution in [0.25, 0.3) is 0 Å². The molecule has 10 heteroatoms. The summed E-state index contributed by atoms with van der Waals surface area (Å²) in [6.07, 6.45) is 3.64. The van der Waals surface area contributed by atoms with Crippen LogP contribution in [0.5, 0.6) is 0 Å². The van der Waals surface area contributed by atoms with Crippen molar-refractivity contribution < 1.29 is 9.59 Å². The summed E-state index contributed by atoms with van der Waals surface area (Å²) >= 11 is 0. The Morgan fingerprint density at radius 3 is 2.77 bits per heavy atom. The number of carbonyl (C=O) groups is 2. The Labute approximate surface area is 181 Å². The van der Waals surface area contributed by atoms with Gasteiger partial charge in [-0.05, 0) is 58.1 Å². The zero-order valence-electron chi connectivity index (χ0n) is 18.0. The SMILES string of the molecule is CCNC(=O)Nc1ccc2c(c1)Nc1nc(N(C)C3CCN(C)CC3)ncc1C(=O)N2. The summed E-state index contributed by atoms with van der Waals surface area (Å²) in [5.41, 5.74) is 2.23. The summed E-state index contributed by atoms with van der Waals surface area (Å²) < 4.78 is 0. The second kappa shape index (κ2) is 8.76. The van der Waals surface area contributed by atoms with Crippen LogP contribution in [0.4, 0.5) is 33.6 Å². The van der Waals surface area contributed by atoms with E-state index < -0.39 is 0 Å². The molecule has 0 unspecified atom stereocenters. The molecule has 31 heavy (non-hydrogen) atoms. The summed E-state index contributed by atoms with van der Waals surface area (Å²) in [4.78, 5) is 38.1. The average molecular weight is 425 g/mol. The highest BCUT2D eigenvalue weighted by atomic mass is 16.2. The first-order valence-corrected chi connectivity index (χ1v) is 10.5. The van der Waals surface area contributed by atoms with Gasteiger partial charge in [-0.2, -0.15) is 4.98 Å². The summed E-state index contributed by atoms with van der Waals surface area (Å²) in [5, 5.41) is 11.6. The number of fused-ring (bicyclic) bond motifs is 2. The molecule has 2 aromatic rings. The molecule has 1 saturated heterocycles. The number of urea groups is 1. The molecule has 4 rings (SSSR count). The van der Waals surface area contributed by atoms with Gasteiger partial charge >= 0.3 is 6.03 Å². The maximum absolute atomic E-state index is 12.7. The highest BCUT2D eigenvalue weighted by molar-refractivity contribution is 6.11. The minimum absolute atomic E-state index is 0.279. The highest BCUT2D eigenvalue weighted by Crippen LogP contribution is 2.33. The number of hydrogen-bond acceptors (Lipinski definition) is 7. The lowest BCUT2D eigenvalue weighted by Crippen LogP contribution is -2.42. The summed E-state index contributed by atoms with van der Waals surface area (Å²) in [7, 11) is 4.13. The second-order valence-corrected chi connectivity index (χ2v) is 7.90. The molecule has 2 aliphatic rings. The smallest absolute Gasteiger partial charge is 0.319 e. The van der Waals surface area contributed by atoms with Gasteiger partial charge in [0.1, 0.15) is 11.4 Å². The maximum Gasteiger partial charge on any atom is 0.319 e. The van der Waals surface area contributed by atoms with Gasteiger partial charge in [-0.1, -0.05) is 0 Å². The van der Waals surface area contributed by atoms with Gasteiger partial charge in [0, 0.05) is 31.5 Å². The molecule has 1 aromatic heterocycles. The molecule has 3 amide bonds. The van der Waals surface area contributed by atoms with Crippen LogP contribution >= 0.6 is 0 Å². The molecule has 0 saturated carbocycles. The number of amides is 3. The molecule has 1 aromatic carbocycles. The molecule has 4 N–H and O–H groups in total. The highest BCUT2D eigenvalue weighted by Gasteiger charge is 2.26. The number of hydrogen-bond donors (Lipinski definition) is 4. The topological polar surface area (TPSA) is 115 Å². The van der Waals surface area contributed by atoms with Crippen molar-refractivity contribution in [1.82, 2.24) is 20.2 Å². The Morgan fingerprint density at radius 2 is 2.03 bits per heavy atom. The van der Waals surface area contributed by atoms with Gasteiger partial charge < -0.3 is 31.1 Å². The van der Waals surface area contributed by atoms with Crippen molar-refractivity contribution in [3.63, 3.8) is 0 Å². The lowest BCUT2D eigenvalue weighted by Gasteiger charge is -2.35. The zero-order chi connectivity index (χ0) is 22.0. The molecule has 10 nitrogen and oxygen atoms in total. The van der Waals surface area contributed by atoms with Crippen molar-refractivity contribution in [3.05, 3.63) is 30.0 Å². The van der Waals surface area contributed by atoms with E-state index in [9.17, 15) is 9.59 Å². The van der Waals surface area contributed by atoms with Crippen molar-refractivity contribution in [2.75, 3.05) is 54.6 Å². The number of nitrogens with zero attached hydrogens (tertiary/aromatic N) is 4. The van der Waals surface area contributed by atoms with Gasteiger partial charge in [0.25, 0.3) is 5.91 Å². The molecule has 1 fully saturated rings. The van der Waals surface area contributed by atoms with Gasteiger partial charge in [-0.3, -0.25) is 4.79 Å². The maximum atomic E-state index is 12.7. The third-order valence-electron chi connectivity index (χ3n) is 5.69. The number of aromatic nitrogens is 2. The van der Waals surface area contributed by atoms with E-state index in [0.29, 0.717) is 47.0 Å². The number of likely N-dealkylation sites (tertiary alicyclic amines) is 1. The van der Waals surface area contributed by atoms with Crippen molar-refractivity contribution in [2.24, 2.45) is 0 Å². The standard InChI is InChI=1S/C21H28N8O2/c1-4-22-21(31)24-13-5-6-16-17(11-13)25-18-15(19(30)26-16)12-23-20(27-18)29(3)14-7-9-28(2)10-8-14/h5-6,11-12,14H,4,7-10H2,1-3H3,(H,26,30)(H2,22,24,31)(H,23,25,27). The van der Waals surface area contributed by atoms with Gasteiger partial charge in [0.2, 0.25) is 5.95 Å². The van der Waals surface area contributed by atoms with Crippen LogP contribution in [0.15, 0.2) is 24.4 Å². The number of anilines is 5. The predicted octanol–water partition coefficient (Wildman–Crippen LogP) is 2.46. The summed E-state index contributed by atoms with van der Waals surface area (Å²) in [5.74, 6) is 0.740. The molecule has 0 atom stereocenters. The van der Waals surface area contributed by atoms with Crippen LogP contribution in [0, 0.1) is 0 Å². The molecule has 0 aliphatic carbocycles. The molecular formula is C21H28N8O2. The Kier molecular flexibility index (Phi) is 5.90. The molecule has 164 valence electrons. The second-order valence-electron chi connectivity index (χ2n) is 7.90. The zero-order valence-corrected chi connectivity index (χ0v) is 18.0. The Bertz CT molecular complexity index is 987. The predicted molar refractivity (Wildman–Crippen MR) is 121 cm³/mol.